The molecule has 7 rings (SSSR count). The van der Waals surface area contributed by atoms with Crippen molar-refractivity contribution in [1.82, 2.24) is 15.2 Å². The Bertz CT molecular complexity index is 1910. The Morgan fingerprint density at radius 3 is 2.35 bits per heavy atom. The number of hydrogen-bond donors (Lipinski definition) is 2. The SMILES string of the molecule is Nc1ccc(C2CC2C(=O)NCc2cc3cc(-c4ccc(C(=O)N5CCC(F)(F)CC5)cc4)cc(-c4ccc(F)cc4)c3s2)cn1. The third-order valence-corrected chi connectivity index (χ3v) is 10.1. The van der Waals surface area contributed by atoms with Crippen molar-refractivity contribution in [2.75, 3.05) is 18.8 Å². The maximum atomic E-state index is 13.8. The molecule has 5 aromatic rings. The first-order chi connectivity index (χ1) is 22.1. The molecule has 3 N–H and O–H groups in total. The Labute approximate surface area is 268 Å². The molecule has 46 heavy (non-hydrogen) atoms. The monoisotopic (exact) mass is 640 g/mol. The van der Waals surface area contributed by atoms with E-state index in [-0.39, 0.29) is 55.4 Å². The Hall–Kier alpha value is -4.70. The second-order valence-corrected chi connectivity index (χ2v) is 13.2. The first-order valence-corrected chi connectivity index (χ1v) is 16.0. The summed E-state index contributed by atoms with van der Waals surface area (Å²) in [5.74, 6) is -2.78. The van der Waals surface area contributed by atoms with Crippen molar-refractivity contribution in [3.8, 4) is 22.3 Å². The van der Waals surface area contributed by atoms with Gasteiger partial charge in [0.15, 0.2) is 0 Å². The number of fused-ring (bicyclic) bond motifs is 1. The van der Waals surface area contributed by atoms with Crippen molar-refractivity contribution < 1.29 is 22.8 Å². The lowest BCUT2D eigenvalue weighted by Gasteiger charge is -2.31. The third kappa shape index (κ3) is 6.22. The van der Waals surface area contributed by atoms with Gasteiger partial charge in [-0.1, -0.05) is 30.3 Å². The van der Waals surface area contributed by atoms with Gasteiger partial charge < -0.3 is 16.0 Å². The van der Waals surface area contributed by atoms with Crippen molar-refractivity contribution in [2.45, 2.75) is 37.6 Å². The molecule has 1 aliphatic heterocycles. The minimum atomic E-state index is -2.72. The molecule has 1 saturated carbocycles. The molecule has 2 amide bonds. The number of hydrogen-bond acceptors (Lipinski definition) is 5. The van der Waals surface area contributed by atoms with Crippen molar-refractivity contribution >= 4 is 39.1 Å². The maximum Gasteiger partial charge on any atom is 0.253 e. The van der Waals surface area contributed by atoms with E-state index in [1.165, 1.54) is 17.0 Å². The molecule has 2 unspecified atom stereocenters. The van der Waals surface area contributed by atoms with E-state index in [1.54, 1.807) is 47.9 Å². The number of likely N-dealkylation sites (tertiary alicyclic amines) is 1. The zero-order chi connectivity index (χ0) is 32.0. The predicted molar refractivity (Wildman–Crippen MR) is 174 cm³/mol. The number of alkyl halides is 2. The summed E-state index contributed by atoms with van der Waals surface area (Å²) >= 11 is 1.59. The van der Waals surface area contributed by atoms with Gasteiger partial charge in [0.2, 0.25) is 5.91 Å². The standard InChI is InChI=1S/C36H31F3N4O2S/c37-27-8-5-22(6-9-27)30-17-25(21-1-3-23(4-2-21)35(45)43-13-11-36(38,39)12-14-43)15-26-16-28(46-33(26)30)20-42-34(44)31-18-29(31)24-7-10-32(40)41-19-24/h1-10,15-17,19,29,31H,11-14,18,20H2,(H2,40,41)(H,42,44). The Morgan fingerprint density at radius 1 is 0.935 bits per heavy atom. The summed E-state index contributed by atoms with van der Waals surface area (Å²) in [5, 5.41) is 4.08. The van der Waals surface area contributed by atoms with Gasteiger partial charge in [0.05, 0.1) is 6.54 Å². The summed E-state index contributed by atoms with van der Waals surface area (Å²) in [4.78, 5) is 32.5. The molecule has 2 fully saturated rings. The number of piperidine rings is 1. The van der Waals surface area contributed by atoms with Crippen LogP contribution in [0.5, 0.6) is 0 Å². The number of nitrogen functional groups attached to an aromatic ring is 1. The normalized spacial score (nSPS) is 18.8. The number of carbonyl (C=O) groups is 2. The number of nitrogens with one attached hydrogen (secondary N) is 1. The van der Waals surface area contributed by atoms with Crippen molar-refractivity contribution in [3.05, 3.63) is 107 Å². The number of carbonyl (C=O) groups excluding carboxylic acids is 2. The van der Waals surface area contributed by atoms with Crippen LogP contribution in [0.4, 0.5) is 19.0 Å². The molecule has 3 heterocycles. The smallest absolute Gasteiger partial charge is 0.253 e. The van der Waals surface area contributed by atoms with E-state index >= 15 is 0 Å². The summed E-state index contributed by atoms with van der Waals surface area (Å²) in [5.41, 5.74) is 10.7. The largest absolute Gasteiger partial charge is 0.384 e. The van der Waals surface area contributed by atoms with Gasteiger partial charge in [-0.15, -0.1) is 11.3 Å². The summed E-state index contributed by atoms with van der Waals surface area (Å²) < 4.78 is 42.0. The Kier molecular flexibility index (Phi) is 7.76. The van der Waals surface area contributed by atoms with E-state index in [1.807, 2.05) is 24.3 Å². The molecule has 234 valence electrons. The lowest BCUT2D eigenvalue weighted by Crippen LogP contribution is -2.42. The number of halogens is 3. The van der Waals surface area contributed by atoms with E-state index in [9.17, 15) is 22.8 Å². The molecule has 0 radical (unpaired) electrons. The van der Waals surface area contributed by atoms with E-state index in [0.29, 0.717) is 17.9 Å². The zero-order valence-electron chi connectivity index (χ0n) is 24.8. The van der Waals surface area contributed by atoms with Crippen LogP contribution in [0.15, 0.2) is 85.1 Å². The van der Waals surface area contributed by atoms with E-state index < -0.39 is 5.92 Å². The fourth-order valence-electron chi connectivity index (χ4n) is 6.12. The fourth-order valence-corrected chi connectivity index (χ4v) is 7.24. The highest BCUT2D eigenvalue weighted by atomic mass is 32.1. The minimum Gasteiger partial charge on any atom is -0.384 e. The number of rotatable bonds is 7. The second kappa shape index (κ2) is 11.9. The number of benzene rings is 3. The van der Waals surface area contributed by atoms with Crippen LogP contribution in [0.3, 0.4) is 0 Å². The fraction of sp³-hybridized carbons (Fsp3) is 0.250. The third-order valence-electron chi connectivity index (χ3n) is 8.87. The number of nitrogens with two attached hydrogens (primary N) is 1. The van der Waals surface area contributed by atoms with Gasteiger partial charge in [-0.05, 0) is 88.5 Å². The quantitative estimate of drug-likeness (QED) is 0.191. The zero-order valence-corrected chi connectivity index (χ0v) is 25.6. The topological polar surface area (TPSA) is 88.3 Å². The molecular formula is C36H31F3N4O2S. The maximum absolute atomic E-state index is 13.8. The van der Waals surface area contributed by atoms with Gasteiger partial charge in [-0.3, -0.25) is 9.59 Å². The van der Waals surface area contributed by atoms with Gasteiger partial charge in [0.25, 0.3) is 11.8 Å². The molecule has 2 aromatic heterocycles. The van der Waals surface area contributed by atoms with E-state index in [4.69, 9.17) is 5.73 Å². The summed E-state index contributed by atoms with van der Waals surface area (Å²) in [6.07, 6.45) is 1.87. The number of aromatic nitrogens is 1. The van der Waals surface area contributed by atoms with Gasteiger partial charge in [0, 0.05) is 58.7 Å². The first-order valence-electron chi connectivity index (χ1n) is 15.2. The number of nitrogens with zero attached hydrogens (tertiary/aromatic N) is 2. The van der Waals surface area contributed by atoms with Gasteiger partial charge in [0.1, 0.15) is 11.6 Å². The average Bonchev–Trinajstić information content (AvgIpc) is 3.75. The molecule has 3 aromatic carbocycles. The van der Waals surface area contributed by atoms with Crippen molar-refractivity contribution in [1.29, 1.82) is 0 Å². The summed E-state index contributed by atoms with van der Waals surface area (Å²) in [6.45, 7) is 0.458. The lowest BCUT2D eigenvalue weighted by molar-refractivity contribution is -0.122. The molecule has 10 heteroatoms. The van der Waals surface area contributed by atoms with Crippen LogP contribution in [0.2, 0.25) is 0 Å². The predicted octanol–water partition coefficient (Wildman–Crippen LogP) is 7.64. The number of pyridine rings is 1. The van der Waals surface area contributed by atoms with Crippen LogP contribution in [-0.4, -0.2) is 40.7 Å². The number of anilines is 1. The summed E-state index contributed by atoms with van der Waals surface area (Å²) in [7, 11) is 0. The molecule has 2 atom stereocenters. The molecule has 1 saturated heterocycles. The van der Waals surface area contributed by atoms with Crippen LogP contribution in [-0.2, 0) is 11.3 Å². The molecule has 1 aliphatic carbocycles. The van der Waals surface area contributed by atoms with Crippen LogP contribution >= 0.6 is 11.3 Å². The summed E-state index contributed by atoms with van der Waals surface area (Å²) in [6, 6.07) is 23.4. The Morgan fingerprint density at radius 2 is 1.65 bits per heavy atom. The van der Waals surface area contributed by atoms with Gasteiger partial charge in [-0.2, -0.15) is 0 Å². The second-order valence-electron chi connectivity index (χ2n) is 12.1. The van der Waals surface area contributed by atoms with Crippen LogP contribution in [0.25, 0.3) is 32.3 Å². The number of amides is 2. The number of thiophene rings is 1. The highest BCUT2D eigenvalue weighted by Crippen LogP contribution is 2.47. The lowest BCUT2D eigenvalue weighted by atomic mass is 9.96. The van der Waals surface area contributed by atoms with Crippen LogP contribution in [0.1, 0.15) is 46.0 Å². The first kappa shape index (κ1) is 30.0. The molecular weight excluding hydrogens is 609 g/mol. The Balaban J connectivity index is 1.12. The highest BCUT2D eigenvalue weighted by molar-refractivity contribution is 7.19. The molecule has 2 aliphatic rings. The van der Waals surface area contributed by atoms with Gasteiger partial charge >= 0.3 is 0 Å². The van der Waals surface area contributed by atoms with Crippen molar-refractivity contribution in [2.24, 2.45) is 5.92 Å². The average molecular weight is 641 g/mol. The van der Waals surface area contributed by atoms with Crippen molar-refractivity contribution in [3.63, 3.8) is 0 Å². The molecule has 0 bridgehead atoms. The minimum absolute atomic E-state index is 0.00614. The molecule has 0 spiro atoms. The van der Waals surface area contributed by atoms with E-state index in [2.05, 4.69) is 22.4 Å². The van der Waals surface area contributed by atoms with Crippen LogP contribution in [0, 0.1) is 11.7 Å². The van der Waals surface area contributed by atoms with Crippen LogP contribution < -0.4 is 11.1 Å². The van der Waals surface area contributed by atoms with Gasteiger partial charge in [-0.25, -0.2) is 18.2 Å². The highest BCUT2D eigenvalue weighted by Gasteiger charge is 2.44. The molecule has 6 nitrogen and oxygen atoms in total. The van der Waals surface area contributed by atoms with E-state index in [0.717, 1.165) is 49.2 Å².